The van der Waals surface area contributed by atoms with Crippen molar-refractivity contribution >= 4 is 38.9 Å². The number of anilines is 3. The molecule has 8 aromatic rings. The van der Waals surface area contributed by atoms with Gasteiger partial charge in [0.1, 0.15) is 11.2 Å². The second kappa shape index (κ2) is 9.51. The quantitative estimate of drug-likeness (QED) is 0.203. The lowest BCUT2D eigenvalue weighted by Gasteiger charge is -2.38. The summed E-state index contributed by atoms with van der Waals surface area (Å²) < 4.78 is 15.6. The molecule has 0 amide bonds. The molecule has 2 aromatic heterocycles. The summed E-state index contributed by atoms with van der Waals surface area (Å²) in [7, 11) is 0. The summed E-state index contributed by atoms with van der Waals surface area (Å²) in [5, 5.41) is 2.02. The summed E-state index contributed by atoms with van der Waals surface area (Å²) in [5.74, 6) is 4.63. The molecule has 10 rings (SSSR count). The van der Waals surface area contributed by atoms with Crippen molar-refractivity contribution < 1.29 is 9.47 Å². The fraction of sp³-hybridized carbons (Fsp3) is 0. The van der Waals surface area contributed by atoms with E-state index in [1.54, 1.807) is 0 Å². The van der Waals surface area contributed by atoms with E-state index in [-0.39, 0.29) is 0 Å². The van der Waals surface area contributed by atoms with E-state index >= 15 is 0 Å². The highest BCUT2D eigenvalue weighted by Crippen LogP contribution is 2.62. The van der Waals surface area contributed by atoms with Crippen LogP contribution in [0.2, 0.25) is 0 Å². The van der Waals surface area contributed by atoms with Crippen molar-refractivity contribution in [3.05, 3.63) is 140 Å². The van der Waals surface area contributed by atoms with E-state index in [9.17, 15) is 0 Å². The van der Waals surface area contributed by atoms with Gasteiger partial charge in [0.25, 0.3) is 0 Å². The highest BCUT2D eigenvalue weighted by Gasteiger charge is 2.37. The Hall–Kier alpha value is -6.47. The average Bonchev–Trinajstić information content (AvgIpc) is 3.46. The number of fused-ring (bicyclic) bond motifs is 8. The fourth-order valence-electron chi connectivity index (χ4n) is 6.61. The number of hydrogen-bond donors (Lipinski definition) is 0. The average molecular weight is 594 g/mol. The highest BCUT2D eigenvalue weighted by molar-refractivity contribution is 6.15. The SMILES string of the molecule is c1ccc(-c2nc(-c3ccccc3)nc(-n3c4ccccc4c4cc5c6c(c43)Oc3ccccc3N6c3ccccc3O5)n2)cc1. The summed E-state index contributed by atoms with van der Waals surface area (Å²) >= 11 is 0. The van der Waals surface area contributed by atoms with Crippen LogP contribution < -0.4 is 14.4 Å². The van der Waals surface area contributed by atoms with Crippen LogP contribution >= 0.6 is 0 Å². The summed E-state index contributed by atoms with van der Waals surface area (Å²) in [5.41, 5.74) is 6.36. The Kier molecular flexibility index (Phi) is 5.15. The Labute approximate surface area is 263 Å². The maximum absolute atomic E-state index is 6.86. The monoisotopic (exact) mass is 593 g/mol. The first-order valence-electron chi connectivity index (χ1n) is 15.1. The zero-order chi connectivity index (χ0) is 30.2. The van der Waals surface area contributed by atoms with Gasteiger partial charge in [-0.2, -0.15) is 9.97 Å². The molecule has 2 aliphatic rings. The van der Waals surface area contributed by atoms with Crippen LogP contribution in [0, 0.1) is 0 Å². The molecular formula is C39H23N5O2. The van der Waals surface area contributed by atoms with Gasteiger partial charge in [0.15, 0.2) is 34.6 Å². The number of aromatic nitrogens is 4. The molecule has 0 unspecified atom stereocenters. The number of rotatable bonds is 3. The van der Waals surface area contributed by atoms with Crippen LogP contribution in [0.5, 0.6) is 23.0 Å². The van der Waals surface area contributed by atoms with Crippen LogP contribution in [0.3, 0.4) is 0 Å². The molecule has 0 aliphatic carbocycles. The van der Waals surface area contributed by atoms with Gasteiger partial charge in [0.2, 0.25) is 5.95 Å². The van der Waals surface area contributed by atoms with E-state index in [4.69, 9.17) is 24.4 Å². The normalized spacial score (nSPS) is 12.7. The van der Waals surface area contributed by atoms with Gasteiger partial charge < -0.3 is 9.47 Å². The minimum Gasteiger partial charge on any atom is -0.453 e. The van der Waals surface area contributed by atoms with Crippen molar-refractivity contribution in [3.63, 3.8) is 0 Å². The number of ether oxygens (including phenoxy) is 2. The summed E-state index contributed by atoms with van der Waals surface area (Å²) in [6.07, 6.45) is 0. The maximum atomic E-state index is 6.86. The van der Waals surface area contributed by atoms with Crippen molar-refractivity contribution in [2.45, 2.75) is 0 Å². The van der Waals surface area contributed by atoms with Gasteiger partial charge in [-0.3, -0.25) is 9.47 Å². The van der Waals surface area contributed by atoms with Gasteiger partial charge in [-0.15, -0.1) is 0 Å². The fourth-order valence-corrected chi connectivity index (χ4v) is 6.61. The third-order valence-electron chi connectivity index (χ3n) is 8.61. The second-order valence-corrected chi connectivity index (χ2v) is 11.3. The number of benzene rings is 6. The maximum Gasteiger partial charge on any atom is 0.238 e. The van der Waals surface area contributed by atoms with Crippen LogP contribution in [-0.4, -0.2) is 19.5 Å². The van der Waals surface area contributed by atoms with Gasteiger partial charge in [-0.1, -0.05) is 103 Å². The predicted molar refractivity (Wildman–Crippen MR) is 180 cm³/mol. The van der Waals surface area contributed by atoms with Crippen LogP contribution in [0.25, 0.3) is 50.5 Å². The molecule has 0 atom stereocenters. The second-order valence-electron chi connectivity index (χ2n) is 11.3. The molecule has 0 N–H and O–H groups in total. The first kappa shape index (κ1) is 24.9. The molecule has 7 nitrogen and oxygen atoms in total. The minimum absolute atomic E-state index is 0.501. The van der Waals surface area contributed by atoms with Crippen molar-refractivity contribution in [2.75, 3.05) is 4.90 Å². The molecule has 0 saturated heterocycles. The van der Waals surface area contributed by atoms with Gasteiger partial charge in [0.05, 0.1) is 16.9 Å². The standard InChI is InChI=1S/C39H23N5O2/c1-3-13-24(14-4-1)37-40-38(25-15-5-2-6-16-25)42-39(41-37)44-28-18-8-7-17-26(28)27-23-33-35-36(34(27)44)46-32-22-12-10-20-30(32)43(35)29-19-9-11-21-31(29)45-33/h1-23H. The first-order chi connectivity index (χ1) is 22.8. The van der Waals surface area contributed by atoms with E-state index < -0.39 is 0 Å². The summed E-state index contributed by atoms with van der Waals surface area (Å²) in [6.45, 7) is 0. The predicted octanol–water partition coefficient (Wildman–Crippen LogP) is 9.98. The molecule has 0 bridgehead atoms. The molecule has 0 saturated carbocycles. The van der Waals surface area contributed by atoms with Crippen molar-refractivity contribution in [3.8, 4) is 51.7 Å². The molecule has 7 heteroatoms. The van der Waals surface area contributed by atoms with E-state index in [1.165, 1.54) is 0 Å². The van der Waals surface area contributed by atoms with Gasteiger partial charge >= 0.3 is 0 Å². The summed E-state index contributed by atoms with van der Waals surface area (Å²) in [4.78, 5) is 17.4. The Bertz CT molecular complexity index is 2420. The Morgan fingerprint density at radius 3 is 1.72 bits per heavy atom. The number of hydrogen-bond acceptors (Lipinski definition) is 6. The zero-order valence-electron chi connectivity index (χ0n) is 24.3. The molecular weight excluding hydrogens is 570 g/mol. The lowest BCUT2D eigenvalue weighted by atomic mass is 10.0. The Balaban J connectivity index is 1.33. The molecule has 216 valence electrons. The van der Waals surface area contributed by atoms with Gasteiger partial charge in [0, 0.05) is 21.9 Å². The van der Waals surface area contributed by atoms with Gasteiger partial charge in [-0.05, 0) is 36.4 Å². The molecule has 4 heterocycles. The highest BCUT2D eigenvalue weighted by atomic mass is 16.5. The van der Waals surface area contributed by atoms with E-state index in [1.807, 2.05) is 109 Å². The van der Waals surface area contributed by atoms with E-state index in [2.05, 4.69) is 39.8 Å². The molecule has 2 aliphatic heterocycles. The Morgan fingerprint density at radius 2 is 1.04 bits per heavy atom. The van der Waals surface area contributed by atoms with Crippen molar-refractivity contribution in [1.29, 1.82) is 0 Å². The zero-order valence-corrected chi connectivity index (χ0v) is 24.3. The Morgan fingerprint density at radius 1 is 0.478 bits per heavy atom. The molecule has 46 heavy (non-hydrogen) atoms. The minimum atomic E-state index is 0.501. The summed E-state index contributed by atoms with van der Waals surface area (Å²) in [6, 6.07) is 46.7. The van der Waals surface area contributed by atoms with Crippen LogP contribution in [0.4, 0.5) is 17.1 Å². The molecule has 0 radical (unpaired) electrons. The number of nitrogens with zero attached hydrogens (tertiary/aromatic N) is 5. The molecule has 0 fully saturated rings. The first-order valence-corrected chi connectivity index (χ1v) is 15.1. The van der Waals surface area contributed by atoms with Crippen LogP contribution in [-0.2, 0) is 0 Å². The third kappa shape index (κ3) is 3.56. The van der Waals surface area contributed by atoms with Gasteiger partial charge in [-0.25, -0.2) is 4.98 Å². The van der Waals surface area contributed by atoms with Crippen LogP contribution in [0.1, 0.15) is 0 Å². The largest absolute Gasteiger partial charge is 0.453 e. The molecule has 0 spiro atoms. The van der Waals surface area contributed by atoms with Crippen LogP contribution in [0.15, 0.2) is 140 Å². The lowest BCUT2D eigenvalue weighted by molar-refractivity contribution is 0.449. The topological polar surface area (TPSA) is 65.3 Å². The van der Waals surface area contributed by atoms with E-state index in [0.717, 1.165) is 67.2 Å². The number of para-hydroxylation sites is 5. The third-order valence-corrected chi connectivity index (χ3v) is 8.61. The van der Waals surface area contributed by atoms with Crippen molar-refractivity contribution in [1.82, 2.24) is 19.5 Å². The molecule has 6 aromatic carbocycles. The van der Waals surface area contributed by atoms with Crippen molar-refractivity contribution in [2.24, 2.45) is 0 Å². The smallest absolute Gasteiger partial charge is 0.238 e. The van der Waals surface area contributed by atoms with E-state index in [0.29, 0.717) is 23.3 Å². The lowest BCUT2D eigenvalue weighted by Crippen LogP contribution is -2.20.